The van der Waals surface area contributed by atoms with Crippen LogP contribution in [0.15, 0.2) is 33.6 Å². The number of nitrogens with zero attached hydrogens (tertiary/aromatic N) is 2. The highest BCUT2D eigenvalue weighted by atomic mass is 79.9. The molecular weight excluding hydrogens is 396 g/mol. The number of carbonyl (C=O) groups is 3. The zero-order valence-corrected chi connectivity index (χ0v) is 15.1. The fourth-order valence-electron chi connectivity index (χ4n) is 2.39. The first-order chi connectivity index (χ1) is 11.5. The first-order valence-electron chi connectivity index (χ1n) is 7.41. The maximum atomic E-state index is 12.4. The Labute approximate surface area is 151 Å². The predicted molar refractivity (Wildman–Crippen MR) is 94.2 cm³/mol. The van der Waals surface area contributed by atoms with E-state index in [-0.39, 0.29) is 12.5 Å². The van der Waals surface area contributed by atoms with Crippen LogP contribution >= 0.6 is 27.7 Å². The molecule has 24 heavy (non-hydrogen) atoms. The Bertz CT molecular complexity index is 699. The predicted octanol–water partition coefficient (Wildman–Crippen LogP) is 2.34. The molecule has 6 nitrogen and oxygen atoms in total. The van der Waals surface area contributed by atoms with Crippen molar-refractivity contribution in [3.63, 3.8) is 0 Å². The van der Waals surface area contributed by atoms with Gasteiger partial charge in [-0.05, 0) is 35.5 Å². The van der Waals surface area contributed by atoms with Crippen LogP contribution in [0.1, 0.15) is 5.56 Å². The molecule has 1 aromatic carbocycles. The smallest absolute Gasteiger partial charge is 0.294 e. The molecular formula is C16H15BrN2O4S. The number of benzene rings is 1. The average Bonchev–Trinajstić information content (AvgIpc) is 2.85. The molecule has 2 heterocycles. The summed E-state index contributed by atoms with van der Waals surface area (Å²) < 4.78 is 6.13. The van der Waals surface area contributed by atoms with Crippen LogP contribution in [0.5, 0.6) is 0 Å². The Balaban J connectivity index is 1.69. The van der Waals surface area contributed by atoms with Crippen molar-refractivity contribution >= 4 is 50.8 Å². The SMILES string of the molecule is O=C(CN1C(=O)S/C(=C/c2ccc(Br)cc2)C1=O)N1CCOCC1. The summed E-state index contributed by atoms with van der Waals surface area (Å²) in [5.41, 5.74) is 0.822. The van der Waals surface area contributed by atoms with Gasteiger partial charge in [0.25, 0.3) is 11.1 Å². The van der Waals surface area contributed by atoms with E-state index in [1.54, 1.807) is 11.0 Å². The summed E-state index contributed by atoms with van der Waals surface area (Å²) in [6, 6.07) is 7.41. The van der Waals surface area contributed by atoms with Crippen molar-refractivity contribution in [2.75, 3.05) is 32.8 Å². The second-order valence-corrected chi connectivity index (χ2v) is 7.22. The number of hydrogen-bond acceptors (Lipinski definition) is 5. The second kappa shape index (κ2) is 7.50. The van der Waals surface area contributed by atoms with Crippen LogP contribution in [0.3, 0.4) is 0 Å². The fraction of sp³-hybridized carbons (Fsp3) is 0.312. The maximum Gasteiger partial charge on any atom is 0.294 e. The number of rotatable bonds is 3. The van der Waals surface area contributed by atoms with Crippen LogP contribution < -0.4 is 0 Å². The molecule has 2 fully saturated rings. The molecule has 0 N–H and O–H groups in total. The number of carbonyl (C=O) groups excluding carboxylic acids is 3. The van der Waals surface area contributed by atoms with Crippen molar-refractivity contribution < 1.29 is 19.1 Å². The summed E-state index contributed by atoms with van der Waals surface area (Å²) in [7, 11) is 0. The molecule has 126 valence electrons. The van der Waals surface area contributed by atoms with Crippen LogP contribution in [0.4, 0.5) is 4.79 Å². The lowest BCUT2D eigenvalue weighted by Crippen LogP contribution is -2.46. The molecule has 0 aromatic heterocycles. The molecule has 3 amide bonds. The van der Waals surface area contributed by atoms with Crippen LogP contribution in [-0.4, -0.2) is 59.7 Å². The lowest BCUT2D eigenvalue weighted by Gasteiger charge is -2.28. The molecule has 2 aliphatic rings. The fourth-order valence-corrected chi connectivity index (χ4v) is 3.50. The van der Waals surface area contributed by atoms with E-state index in [1.165, 1.54) is 0 Å². The second-order valence-electron chi connectivity index (χ2n) is 5.31. The summed E-state index contributed by atoms with van der Waals surface area (Å²) >= 11 is 4.21. The minimum absolute atomic E-state index is 0.220. The number of morpholine rings is 1. The van der Waals surface area contributed by atoms with Crippen LogP contribution in [0.25, 0.3) is 6.08 Å². The zero-order chi connectivity index (χ0) is 17.1. The van der Waals surface area contributed by atoms with Gasteiger partial charge in [-0.15, -0.1) is 0 Å². The molecule has 0 bridgehead atoms. The topological polar surface area (TPSA) is 66.9 Å². The van der Waals surface area contributed by atoms with Gasteiger partial charge in [0.05, 0.1) is 18.1 Å². The van der Waals surface area contributed by atoms with Crippen molar-refractivity contribution in [2.45, 2.75) is 0 Å². The van der Waals surface area contributed by atoms with E-state index in [0.717, 1.165) is 26.7 Å². The van der Waals surface area contributed by atoms with Gasteiger partial charge in [0.1, 0.15) is 6.54 Å². The lowest BCUT2D eigenvalue weighted by atomic mass is 10.2. The number of halogens is 1. The number of ether oxygens (including phenoxy) is 1. The molecule has 0 radical (unpaired) electrons. The molecule has 3 rings (SSSR count). The first-order valence-corrected chi connectivity index (χ1v) is 9.02. The molecule has 8 heteroatoms. The number of thioether (sulfide) groups is 1. The van der Waals surface area contributed by atoms with E-state index in [0.29, 0.717) is 31.2 Å². The summed E-state index contributed by atoms with van der Waals surface area (Å²) in [6.07, 6.45) is 1.66. The molecule has 2 saturated heterocycles. The van der Waals surface area contributed by atoms with Crippen LogP contribution in [0.2, 0.25) is 0 Å². The van der Waals surface area contributed by atoms with Gasteiger partial charge in [-0.1, -0.05) is 28.1 Å². The Kier molecular flexibility index (Phi) is 5.37. The van der Waals surface area contributed by atoms with Gasteiger partial charge in [-0.3, -0.25) is 19.3 Å². The van der Waals surface area contributed by atoms with Gasteiger partial charge in [-0.2, -0.15) is 0 Å². The third-order valence-electron chi connectivity index (χ3n) is 3.70. The largest absolute Gasteiger partial charge is 0.378 e. The molecule has 0 saturated carbocycles. The van der Waals surface area contributed by atoms with E-state index < -0.39 is 11.1 Å². The summed E-state index contributed by atoms with van der Waals surface area (Å²) in [5.74, 6) is -0.653. The van der Waals surface area contributed by atoms with E-state index in [2.05, 4.69) is 15.9 Å². The maximum absolute atomic E-state index is 12.4. The minimum atomic E-state index is -0.422. The molecule has 2 aliphatic heterocycles. The molecule has 0 spiro atoms. The highest BCUT2D eigenvalue weighted by molar-refractivity contribution is 9.10. The van der Waals surface area contributed by atoms with E-state index >= 15 is 0 Å². The van der Waals surface area contributed by atoms with Gasteiger partial charge in [0.15, 0.2) is 0 Å². The van der Waals surface area contributed by atoms with Gasteiger partial charge in [0, 0.05) is 17.6 Å². The van der Waals surface area contributed by atoms with Crippen molar-refractivity contribution in [1.82, 2.24) is 9.80 Å². The third kappa shape index (κ3) is 3.88. The highest BCUT2D eigenvalue weighted by Crippen LogP contribution is 2.32. The van der Waals surface area contributed by atoms with Gasteiger partial charge in [-0.25, -0.2) is 0 Å². The van der Waals surface area contributed by atoms with Gasteiger partial charge in [0.2, 0.25) is 5.91 Å². The van der Waals surface area contributed by atoms with Crippen molar-refractivity contribution in [2.24, 2.45) is 0 Å². The number of amides is 3. The molecule has 0 atom stereocenters. The summed E-state index contributed by atoms with van der Waals surface area (Å²) in [5, 5.41) is -0.412. The first kappa shape index (κ1) is 17.2. The minimum Gasteiger partial charge on any atom is -0.378 e. The van der Waals surface area contributed by atoms with E-state index in [4.69, 9.17) is 4.74 Å². The monoisotopic (exact) mass is 410 g/mol. The Morgan fingerprint density at radius 3 is 2.54 bits per heavy atom. The molecule has 0 aliphatic carbocycles. The Morgan fingerprint density at radius 1 is 1.21 bits per heavy atom. The van der Waals surface area contributed by atoms with Crippen molar-refractivity contribution in [3.8, 4) is 0 Å². The Morgan fingerprint density at radius 2 is 1.88 bits per heavy atom. The van der Waals surface area contributed by atoms with Gasteiger partial charge < -0.3 is 9.64 Å². The third-order valence-corrected chi connectivity index (χ3v) is 5.13. The summed E-state index contributed by atoms with van der Waals surface area (Å²) in [4.78, 5) is 39.7. The molecule has 1 aromatic rings. The average molecular weight is 411 g/mol. The Hall–Kier alpha value is -1.64. The van der Waals surface area contributed by atoms with Crippen molar-refractivity contribution in [1.29, 1.82) is 0 Å². The summed E-state index contributed by atoms with van der Waals surface area (Å²) in [6.45, 7) is 1.73. The van der Waals surface area contributed by atoms with Crippen molar-refractivity contribution in [3.05, 3.63) is 39.2 Å². The highest BCUT2D eigenvalue weighted by Gasteiger charge is 2.37. The van der Waals surface area contributed by atoms with Crippen LogP contribution in [0, 0.1) is 0 Å². The number of imide groups is 1. The lowest BCUT2D eigenvalue weighted by molar-refractivity contribution is -0.139. The normalized spacial score (nSPS) is 20.1. The van der Waals surface area contributed by atoms with E-state index in [1.807, 2.05) is 24.3 Å². The van der Waals surface area contributed by atoms with Crippen LogP contribution in [-0.2, 0) is 14.3 Å². The zero-order valence-electron chi connectivity index (χ0n) is 12.7. The van der Waals surface area contributed by atoms with Gasteiger partial charge >= 0.3 is 0 Å². The standard InChI is InChI=1S/C16H15BrN2O4S/c17-12-3-1-11(2-4-12)9-13-15(21)19(16(22)24-13)10-14(20)18-5-7-23-8-6-18/h1-4,9H,5-8,10H2/b13-9+. The molecule has 0 unspecified atom stereocenters. The van der Waals surface area contributed by atoms with E-state index in [9.17, 15) is 14.4 Å². The number of hydrogen-bond donors (Lipinski definition) is 0. The quantitative estimate of drug-likeness (QED) is 0.715.